The van der Waals surface area contributed by atoms with E-state index in [0.717, 1.165) is 17.3 Å². The molecule has 0 saturated heterocycles. The zero-order chi connectivity index (χ0) is 13.9. The van der Waals surface area contributed by atoms with E-state index in [-0.39, 0.29) is 6.04 Å². The Bertz CT molecular complexity index is 693. The van der Waals surface area contributed by atoms with Crippen molar-refractivity contribution in [3.05, 3.63) is 65.9 Å². The lowest BCUT2D eigenvalue weighted by Gasteiger charge is -2.18. The Labute approximate surface area is 121 Å². The summed E-state index contributed by atoms with van der Waals surface area (Å²) in [5.41, 5.74) is 0.735. The molecule has 0 aromatic carbocycles. The number of nitrogens with zero attached hydrogens (tertiary/aromatic N) is 3. The first kappa shape index (κ1) is 12.7. The highest BCUT2D eigenvalue weighted by Crippen LogP contribution is 2.29. The molecule has 0 saturated carbocycles. The molecule has 0 aliphatic carbocycles. The molecule has 0 radical (unpaired) electrons. The number of rotatable bonds is 4. The molecule has 3 heterocycles. The largest absolute Gasteiger partial charge is 0.467 e. The highest BCUT2D eigenvalue weighted by atomic mass is 35.5. The van der Waals surface area contributed by atoms with E-state index < -0.39 is 0 Å². The number of pyridine rings is 1. The molecule has 5 nitrogen and oxygen atoms in total. The summed E-state index contributed by atoms with van der Waals surface area (Å²) in [4.78, 5) is 8.45. The van der Waals surface area contributed by atoms with Crippen LogP contribution in [0.5, 0.6) is 0 Å². The van der Waals surface area contributed by atoms with Crippen molar-refractivity contribution in [1.82, 2.24) is 14.5 Å². The smallest absolute Gasteiger partial charge is 0.143 e. The Kier molecular flexibility index (Phi) is 3.43. The Morgan fingerprint density at radius 2 is 2.25 bits per heavy atom. The van der Waals surface area contributed by atoms with Crippen molar-refractivity contribution in [2.75, 3.05) is 5.32 Å². The molecule has 1 unspecified atom stereocenters. The summed E-state index contributed by atoms with van der Waals surface area (Å²) in [5.74, 6) is 1.60. The van der Waals surface area contributed by atoms with Crippen molar-refractivity contribution in [3.63, 3.8) is 0 Å². The Balaban J connectivity index is 1.99. The fourth-order valence-electron chi connectivity index (χ4n) is 2.01. The van der Waals surface area contributed by atoms with Gasteiger partial charge in [0.1, 0.15) is 17.6 Å². The fourth-order valence-corrected chi connectivity index (χ4v) is 2.17. The van der Waals surface area contributed by atoms with E-state index in [0.29, 0.717) is 5.02 Å². The van der Waals surface area contributed by atoms with Crippen LogP contribution in [0.15, 0.2) is 53.7 Å². The molecular formula is C14H13ClN4O. The molecule has 6 heteroatoms. The zero-order valence-electron chi connectivity index (χ0n) is 10.8. The first-order valence-corrected chi connectivity index (χ1v) is 6.50. The Morgan fingerprint density at radius 1 is 1.35 bits per heavy atom. The SMILES string of the molecule is Cn1ccnc1C(Nc1cnccc1Cl)c1ccco1. The lowest BCUT2D eigenvalue weighted by Crippen LogP contribution is -2.16. The second-order valence-electron chi connectivity index (χ2n) is 4.34. The minimum atomic E-state index is -0.230. The third-order valence-corrected chi connectivity index (χ3v) is 3.34. The maximum atomic E-state index is 6.17. The fraction of sp³-hybridized carbons (Fsp3) is 0.143. The molecule has 102 valence electrons. The number of furan rings is 1. The van der Waals surface area contributed by atoms with Gasteiger partial charge in [-0.1, -0.05) is 11.6 Å². The lowest BCUT2D eigenvalue weighted by molar-refractivity contribution is 0.488. The van der Waals surface area contributed by atoms with Gasteiger partial charge in [0.15, 0.2) is 0 Å². The minimum absolute atomic E-state index is 0.230. The number of aromatic nitrogens is 3. The van der Waals surface area contributed by atoms with Crippen LogP contribution in [0, 0.1) is 0 Å². The van der Waals surface area contributed by atoms with Gasteiger partial charge >= 0.3 is 0 Å². The van der Waals surface area contributed by atoms with Gasteiger partial charge in [-0.05, 0) is 18.2 Å². The molecule has 0 aliphatic heterocycles. The number of aryl methyl sites for hydroxylation is 1. The lowest BCUT2D eigenvalue weighted by atomic mass is 10.2. The third-order valence-electron chi connectivity index (χ3n) is 3.01. The molecule has 3 aromatic rings. The standard InChI is InChI=1S/C14H13ClN4O/c1-19-7-6-17-14(19)13(12-3-2-8-20-12)18-11-9-16-5-4-10(11)15/h2-9,13,18H,1H3. The number of imidazole rings is 1. The maximum absolute atomic E-state index is 6.17. The molecule has 3 rings (SSSR count). The Hall–Kier alpha value is -2.27. The minimum Gasteiger partial charge on any atom is -0.467 e. The molecule has 0 aliphatic rings. The van der Waals surface area contributed by atoms with Crippen molar-refractivity contribution in [3.8, 4) is 0 Å². The van der Waals surface area contributed by atoms with E-state index in [2.05, 4.69) is 15.3 Å². The van der Waals surface area contributed by atoms with Gasteiger partial charge < -0.3 is 14.3 Å². The number of nitrogens with one attached hydrogen (secondary N) is 1. The highest BCUT2D eigenvalue weighted by Gasteiger charge is 2.21. The van der Waals surface area contributed by atoms with Gasteiger partial charge in [0.25, 0.3) is 0 Å². The van der Waals surface area contributed by atoms with Crippen LogP contribution in [0.25, 0.3) is 0 Å². The maximum Gasteiger partial charge on any atom is 0.143 e. The molecule has 3 aromatic heterocycles. The van der Waals surface area contributed by atoms with Crippen LogP contribution in [-0.4, -0.2) is 14.5 Å². The molecule has 0 amide bonds. The van der Waals surface area contributed by atoms with Crippen molar-refractivity contribution in [2.24, 2.45) is 7.05 Å². The molecule has 0 fully saturated rings. The van der Waals surface area contributed by atoms with Crippen molar-refractivity contribution in [1.29, 1.82) is 0 Å². The highest BCUT2D eigenvalue weighted by molar-refractivity contribution is 6.33. The zero-order valence-corrected chi connectivity index (χ0v) is 11.6. The number of hydrogen-bond donors (Lipinski definition) is 1. The average molecular weight is 289 g/mol. The molecule has 1 atom stereocenters. The number of hydrogen-bond acceptors (Lipinski definition) is 4. The summed E-state index contributed by atoms with van der Waals surface area (Å²) in [6, 6.07) is 5.25. The van der Waals surface area contributed by atoms with Gasteiger partial charge in [-0.3, -0.25) is 4.98 Å². The van der Waals surface area contributed by atoms with Crippen LogP contribution < -0.4 is 5.32 Å². The van der Waals surface area contributed by atoms with Crippen molar-refractivity contribution < 1.29 is 4.42 Å². The first-order valence-electron chi connectivity index (χ1n) is 6.12. The summed E-state index contributed by atoms with van der Waals surface area (Å²) in [5, 5.41) is 3.92. The van der Waals surface area contributed by atoms with E-state index in [1.54, 1.807) is 30.9 Å². The Morgan fingerprint density at radius 3 is 2.90 bits per heavy atom. The van der Waals surface area contributed by atoms with E-state index in [9.17, 15) is 0 Å². The summed E-state index contributed by atoms with van der Waals surface area (Å²) in [6.07, 6.45) is 8.60. The van der Waals surface area contributed by atoms with Crippen LogP contribution in [0.2, 0.25) is 5.02 Å². The number of halogens is 1. The predicted octanol–water partition coefficient (Wildman–Crippen LogP) is 3.26. The topological polar surface area (TPSA) is 55.9 Å². The van der Waals surface area contributed by atoms with Crippen LogP contribution in [0.1, 0.15) is 17.6 Å². The quantitative estimate of drug-likeness (QED) is 0.800. The molecule has 1 N–H and O–H groups in total. The second kappa shape index (κ2) is 5.38. The summed E-state index contributed by atoms with van der Waals surface area (Å²) in [6.45, 7) is 0. The molecule has 0 bridgehead atoms. The van der Waals surface area contributed by atoms with Crippen LogP contribution in [0.3, 0.4) is 0 Å². The first-order chi connectivity index (χ1) is 9.75. The number of anilines is 1. The summed E-state index contributed by atoms with van der Waals surface area (Å²) >= 11 is 6.17. The van der Waals surface area contributed by atoms with Crippen LogP contribution in [0.4, 0.5) is 5.69 Å². The van der Waals surface area contributed by atoms with Gasteiger partial charge in [-0.15, -0.1) is 0 Å². The third kappa shape index (κ3) is 2.40. The van der Waals surface area contributed by atoms with E-state index in [1.807, 2.05) is 29.9 Å². The normalized spacial score (nSPS) is 12.3. The van der Waals surface area contributed by atoms with Gasteiger partial charge in [-0.2, -0.15) is 0 Å². The van der Waals surface area contributed by atoms with Crippen LogP contribution >= 0.6 is 11.6 Å². The second-order valence-corrected chi connectivity index (χ2v) is 4.75. The average Bonchev–Trinajstić information content (AvgIpc) is 3.10. The van der Waals surface area contributed by atoms with Gasteiger partial charge in [-0.25, -0.2) is 4.98 Å². The van der Waals surface area contributed by atoms with E-state index in [4.69, 9.17) is 16.0 Å². The van der Waals surface area contributed by atoms with Crippen molar-refractivity contribution >= 4 is 17.3 Å². The summed E-state index contributed by atoms with van der Waals surface area (Å²) in [7, 11) is 1.94. The predicted molar refractivity (Wildman–Crippen MR) is 76.6 cm³/mol. The van der Waals surface area contributed by atoms with Gasteiger partial charge in [0, 0.05) is 25.6 Å². The van der Waals surface area contributed by atoms with E-state index >= 15 is 0 Å². The molecule has 20 heavy (non-hydrogen) atoms. The monoisotopic (exact) mass is 288 g/mol. The molecule has 0 spiro atoms. The van der Waals surface area contributed by atoms with Crippen molar-refractivity contribution in [2.45, 2.75) is 6.04 Å². The van der Waals surface area contributed by atoms with Gasteiger partial charge in [0.2, 0.25) is 0 Å². The van der Waals surface area contributed by atoms with E-state index in [1.165, 1.54) is 0 Å². The van der Waals surface area contributed by atoms with Gasteiger partial charge in [0.05, 0.1) is 23.2 Å². The summed E-state index contributed by atoms with van der Waals surface area (Å²) < 4.78 is 7.44. The van der Waals surface area contributed by atoms with Crippen LogP contribution in [-0.2, 0) is 7.05 Å². The molecular weight excluding hydrogens is 276 g/mol.